The van der Waals surface area contributed by atoms with E-state index in [2.05, 4.69) is 34.7 Å². The third kappa shape index (κ3) is 4.98. The lowest BCUT2D eigenvalue weighted by atomic mass is 10.1. The van der Waals surface area contributed by atoms with Crippen LogP contribution in [0.4, 0.5) is 0 Å². The second-order valence-corrected chi connectivity index (χ2v) is 6.78. The van der Waals surface area contributed by atoms with Crippen LogP contribution >= 0.6 is 0 Å². The van der Waals surface area contributed by atoms with Gasteiger partial charge in [0.1, 0.15) is 0 Å². The van der Waals surface area contributed by atoms with Crippen LogP contribution in [-0.2, 0) is 11.2 Å². The molecule has 0 aromatic heterocycles. The van der Waals surface area contributed by atoms with E-state index in [1.54, 1.807) is 0 Å². The van der Waals surface area contributed by atoms with Gasteiger partial charge in [0, 0.05) is 44.6 Å². The van der Waals surface area contributed by atoms with Gasteiger partial charge in [0.25, 0.3) is 0 Å². The van der Waals surface area contributed by atoms with E-state index in [1.807, 2.05) is 23.1 Å². The summed E-state index contributed by atoms with van der Waals surface area (Å²) in [5.74, 6) is 1.50. The average Bonchev–Trinajstić information content (AvgIpc) is 3.34. The van der Waals surface area contributed by atoms with Crippen molar-refractivity contribution in [2.24, 2.45) is 10.9 Å². The zero-order chi connectivity index (χ0) is 16.8. The van der Waals surface area contributed by atoms with E-state index in [0.717, 1.165) is 38.6 Å². The number of rotatable bonds is 7. The van der Waals surface area contributed by atoms with Crippen LogP contribution in [0.1, 0.15) is 31.7 Å². The Morgan fingerprint density at radius 1 is 1.29 bits per heavy atom. The van der Waals surface area contributed by atoms with Gasteiger partial charge < -0.3 is 15.5 Å². The quantitative estimate of drug-likeness (QED) is 0.593. The maximum absolute atomic E-state index is 12.2. The van der Waals surface area contributed by atoms with Crippen LogP contribution in [-0.4, -0.2) is 49.0 Å². The molecule has 3 rings (SSSR count). The molecule has 1 unspecified atom stereocenters. The second-order valence-electron chi connectivity index (χ2n) is 6.78. The first kappa shape index (κ1) is 16.8. The predicted octanol–water partition coefficient (Wildman–Crippen LogP) is 1.80. The number of likely N-dealkylation sites (tertiary alicyclic amines) is 1. The highest BCUT2D eigenvalue weighted by Crippen LogP contribution is 2.20. The molecule has 130 valence electrons. The number of hydrogen-bond donors (Lipinski definition) is 2. The van der Waals surface area contributed by atoms with Crippen LogP contribution in [0.5, 0.6) is 0 Å². The molecule has 1 saturated carbocycles. The largest absolute Gasteiger partial charge is 0.357 e. The van der Waals surface area contributed by atoms with Crippen molar-refractivity contribution < 1.29 is 4.79 Å². The molecule has 0 bridgehead atoms. The number of nitrogens with one attached hydrogen (secondary N) is 2. The smallest absolute Gasteiger partial charge is 0.223 e. The number of carbonyl (C=O) groups excluding carboxylic acids is 1. The lowest BCUT2D eigenvalue weighted by Crippen LogP contribution is -2.39. The van der Waals surface area contributed by atoms with E-state index >= 15 is 0 Å². The summed E-state index contributed by atoms with van der Waals surface area (Å²) in [6.07, 6.45) is 4.02. The van der Waals surface area contributed by atoms with Gasteiger partial charge in [-0.1, -0.05) is 30.3 Å². The number of amides is 1. The van der Waals surface area contributed by atoms with Gasteiger partial charge in [-0.25, -0.2) is 0 Å². The summed E-state index contributed by atoms with van der Waals surface area (Å²) in [7, 11) is 0. The van der Waals surface area contributed by atoms with Crippen LogP contribution in [0.15, 0.2) is 35.3 Å². The molecule has 2 N–H and O–H groups in total. The minimum atomic E-state index is 0.270. The summed E-state index contributed by atoms with van der Waals surface area (Å²) >= 11 is 0. The van der Waals surface area contributed by atoms with Crippen molar-refractivity contribution in [3.8, 4) is 0 Å². The van der Waals surface area contributed by atoms with E-state index in [4.69, 9.17) is 0 Å². The number of guanidine groups is 1. The Bertz CT molecular complexity index is 568. The highest BCUT2D eigenvalue weighted by Gasteiger charge is 2.29. The highest BCUT2D eigenvalue weighted by molar-refractivity contribution is 5.81. The molecule has 1 aliphatic carbocycles. The summed E-state index contributed by atoms with van der Waals surface area (Å²) in [5.41, 5.74) is 1.29. The van der Waals surface area contributed by atoms with Gasteiger partial charge in [-0.15, -0.1) is 0 Å². The van der Waals surface area contributed by atoms with Gasteiger partial charge in [0.05, 0.1) is 0 Å². The number of nitrogens with zero attached hydrogens (tertiary/aromatic N) is 2. The fourth-order valence-electron chi connectivity index (χ4n) is 3.06. The highest BCUT2D eigenvalue weighted by atomic mass is 16.2. The first-order valence-electron chi connectivity index (χ1n) is 9.11. The molecule has 1 saturated heterocycles. The zero-order valence-corrected chi connectivity index (χ0v) is 14.5. The van der Waals surface area contributed by atoms with E-state index in [9.17, 15) is 4.79 Å². The molecule has 24 heavy (non-hydrogen) atoms. The summed E-state index contributed by atoms with van der Waals surface area (Å²) in [4.78, 5) is 18.9. The molecule has 1 aromatic rings. The fraction of sp³-hybridized carbons (Fsp3) is 0.579. The Morgan fingerprint density at radius 2 is 2.08 bits per heavy atom. The van der Waals surface area contributed by atoms with Crippen LogP contribution < -0.4 is 10.6 Å². The average molecular weight is 328 g/mol. The Kier molecular flexibility index (Phi) is 5.72. The number of benzene rings is 1. The summed E-state index contributed by atoms with van der Waals surface area (Å²) in [6.45, 7) is 5.30. The van der Waals surface area contributed by atoms with Crippen LogP contribution in [0, 0.1) is 5.92 Å². The van der Waals surface area contributed by atoms with E-state index in [0.29, 0.717) is 18.4 Å². The minimum Gasteiger partial charge on any atom is -0.357 e. The van der Waals surface area contributed by atoms with Gasteiger partial charge >= 0.3 is 0 Å². The third-order valence-electron chi connectivity index (χ3n) is 4.58. The molecule has 0 radical (unpaired) electrons. The van der Waals surface area contributed by atoms with Gasteiger partial charge in [0.15, 0.2) is 5.96 Å². The topological polar surface area (TPSA) is 56.7 Å². The van der Waals surface area contributed by atoms with Gasteiger partial charge in [-0.2, -0.15) is 0 Å². The standard InChI is InChI=1S/C19H28N4O/c1-2-20-19(22-17-8-9-17)21-13-16-12-18(24)23(14-16)11-10-15-6-4-3-5-7-15/h3-7,16-17H,2,8-14H2,1H3,(H2,20,21,22). The SMILES string of the molecule is CCNC(=NCC1CC(=O)N(CCc2ccccc2)C1)NC1CC1. The maximum Gasteiger partial charge on any atom is 0.223 e. The molecule has 2 fully saturated rings. The molecule has 0 spiro atoms. The third-order valence-corrected chi connectivity index (χ3v) is 4.58. The van der Waals surface area contributed by atoms with E-state index in [-0.39, 0.29) is 5.91 Å². The molecule has 1 aromatic carbocycles. The first-order valence-corrected chi connectivity index (χ1v) is 9.11. The van der Waals surface area contributed by atoms with E-state index < -0.39 is 0 Å². The fourth-order valence-corrected chi connectivity index (χ4v) is 3.06. The normalized spacial score (nSPS) is 21.2. The van der Waals surface area contributed by atoms with Gasteiger partial charge in [-0.05, 0) is 31.7 Å². The van der Waals surface area contributed by atoms with Crippen LogP contribution in [0.2, 0.25) is 0 Å². The molecule has 5 nitrogen and oxygen atoms in total. The van der Waals surface area contributed by atoms with Crippen molar-refractivity contribution in [3.63, 3.8) is 0 Å². The Balaban J connectivity index is 1.46. The monoisotopic (exact) mass is 328 g/mol. The number of hydrogen-bond acceptors (Lipinski definition) is 2. The van der Waals surface area contributed by atoms with Crippen molar-refractivity contribution in [2.45, 2.75) is 38.6 Å². The van der Waals surface area contributed by atoms with E-state index in [1.165, 1.54) is 18.4 Å². The molecule has 5 heteroatoms. The molecule has 2 aliphatic rings. The van der Waals surface area contributed by atoms with Crippen molar-refractivity contribution in [1.82, 2.24) is 15.5 Å². The van der Waals surface area contributed by atoms with Crippen molar-refractivity contribution in [1.29, 1.82) is 0 Å². The molecular weight excluding hydrogens is 300 g/mol. The Labute approximate surface area is 144 Å². The molecular formula is C19H28N4O. The summed E-state index contributed by atoms with van der Waals surface area (Å²) in [6, 6.07) is 11.0. The lowest BCUT2D eigenvalue weighted by molar-refractivity contribution is -0.127. The minimum absolute atomic E-state index is 0.270. The van der Waals surface area contributed by atoms with Gasteiger partial charge in [0.2, 0.25) is 5.91 Å². The molecule has 1 amide bonds. The van der Waals surface area contributed by atoms with Gasteiger partial charge in [-0.3, -0.25) is 9.79 Å². The number of carbonyl (C=O) groups is 1. The van der Waals surface area contributed by atoms with Crippen molar-refractivity contribution >= 4 is 11.9 Å². The van der Waals surface area contributed by atoms with Crippen LogP contribution in [0.3, 0.4) is 0 Å². The molecule has 1 heterocycles. The number of aliphatic imine (C=N–C) groups is 1. The van der Waals surface area contributed by atoms with Crippen LogP contribution in [0.25, 0.3) is 0 Å². The maximum atomic E-state index is 12.2. The molecule has 1 atom stereocenters. The van der Waals surface area contributed by atoms with Crippen molar-refractivity contribution in [3.05, 3.63) is 35.9 Å². The summed E-state index contributed by atoms with van der Waals surface area (Å²) in [5, 5.41) is 6.71. The lowest BCUT2D eigenvalue weighted by Gasteiger charge is -2.16. The second kappa shape index (κ2) is 8.18. The summed E-state index contributed by atoms with van der Waals surface area (Å²) < 4.78 is 0. The Morgan fingerprint density at radius 3 is 2.79 bits per heavy atom. The first-order chi connectivity index (χ1) is 11.7. The molecule has 1 aliphatic heterocycles. The zero-order valence-electron chi connectivity index (χ0n) is 14.5. The Hall–Kier alpha value is -2.04. The van der Waals surface area contributed by atoms with Crippen molar-refractivity contribution in [2.75, 3.05) is 26.2 Å². The predicted molar refractivity (Wildman–Crippen MR) is 97.0 cm³/mol.